The maximum absolute atomic E-state index is 6.40. The number of halogens is 1. The standard InChI is InChI=1S/C14H19BrN4/c1-8(2)19-14(11(15)7-18-19)12(16)13-10(4)5-9(3)6-17-13/h5-8,12H,16H2,1-4H3. The molecule has 0 aliphatic heterocycles. The Balaban J connectivity index is 2.49. The Labute approximate surface area is 122 Å². The van der Waals surface area contributed by atoms with Crippen molar-refractivity contribution in [1.82, 2.24) is 14.8 Å². The van der Waals surface area contributed by atoms with Gasteiger partial charge in [-0.05, 0) is 54.8 Å². The van der Waals surface area contributed by atoms with Gasteiger partial charge in [-0.25, -0.2) is 0 Å². The first-order valence-electron chi connectivity index (χ1n) is 6.33. The highest BCUT2D eigenvalue weighted by Crippen LogP contribution is 2.29. The number of nitrogens with zero attached hydrogens (tertiary/aromatic N) is 3. The molecule has 2 N–H and O–H groups in total. The maximum Gasteiger partial charge on any atom is 0.0911 e. The predicted octanol–water partition coefficient (Wildman–Crippen LogP) is 3.29. The van der Waals surface area contributed by atoms with Crippen molar-refractivity contribution in [2.24, 2.45) is 5.73 Å². The van der Waals surface area contributed by atoms with Gasteiger partial charge in [0.05, 0.1) is 28.1 Å². The maximum atomic E-state index is 6.40. The van der Waals surface area contributed by atoms with Crippen LogP contribution in [0.1, 0.15) is 48.4 Å². The molecule has 0 fully saturated rings. The fraction of sp³-hybridized carbons (Fsp3) is 0.429. The molecule has 0 aromatic carbocycles. The summed E-state index contributed by atoms with van der Waals surface area (Å²) in [6.07, 6.45) is 3.64. The van der Waals surface area contributed by atoms with Crippen LogP contribution in [-0.2, 0) is 0 Å². The van der Waals surface area contributed by atoms with Crippen molar-refractivity contribution in [3.8, 4) is 0 Å². The molecule has 4 nitrogen and oxygen atoms in total. The molecule has 0 saturated heterocycles. The minimum absolute atomic E-state index is 0.262. The van der Waals surface area contributed by atoms with E-state index < -0.39 is 0 Å². The zero-order chi connectivity index (χ0) is 14.2. The third-order valence-electron chi connectivity index (χ3n) is 3.12. The van der Waals surface area contributed by atoms with Gasteiger partial charge in [-0.2, -0.15) is 5.10 Å². The van der Waals surface area contributed by atoms with E-state index in [2.05, 4.69) is 45.9 Å². The Morgan fingerprint density at radius 1 is 1.26 bits per heavy atom. The number of hydrogen-bond donors (Lipinski definition) is 1. The summed E-state index contributed by atoms with van der Waals surface area (Å²) in [7, 11) is 0. The van der Waals surface area contributed by atoms with E-state index >= 15 is 0 Å². The van der Waals surface area contributed by atoms with Gasteiger partial charge < -0.3 is 5.73 Å². The molecule has 0 radical (unpaired) electrons. The second kappa shape index (κ2) is 5.43. The molecule has 0 aliphatic rings. The molecule has 2 aromatic rings. The van der Waals surface area contributed by atoms with Crippen LogP contribution in [0.2, 0.25) is 0 Å². The molecular formula is C14H19BrN4. The first-order chi connectivity index (χ1) is 8.91. The van der Waals surface area contributed by atoms with Crippen LogP contribution >= 0.6 is 15.9 Å². The van der Waals surface area contributed by atoms with Gasteiger partial charge >= 0.3 is 0 Å². The lowest BCUT2D eigenvalue weighted by Gasteiger charge is -2.18. The normalized spacial score (nSPS) is 13.0. The van der Waals surface area contributed by atoms with Crippen LogP contribution in [-0.4, -0.2) is 14.8 Å². The van der Waals surface area contributed by atoms with Gasteiger partial charge in [-0.15, -0.1) is 0 Å². The summed E-state index contributed by atoms with van der Waals surface area (Å²) in [6.45, 7) is 8.25. The largest absolute Gasteiger partial charge is 0.318 e. The minimum Gasteiger partial charge on any atom is -0.318 e. The van der Waals surface area contributed by atoms with Gasteiger partial charge in [0.25, 0.3) is 0 Å². The molecule has 5 heteroatoms. The Morgan fingerprint density at radius 3 is 2.53 bits per heavy atom. The summed E-state index contributed by atoms with van der Waals surface area (Å²) in [4.78, 5) is 4.49. The molecule has 1 unspecified atom stereocenters. The summed E-state index contributed by atoms with van der Waals surface area (Å²) in [5.74, 6) is 0. The monoisotopic (exact) mass is 322 g/mol. The van der Waals surface area contributed by atoms with Gasteiger partial charge in [0.1, 0.15) is 0 Å². The first kappa shape index (κ1) is 14.2. The fourth-order valence-corrected chi connectivity index (χ4v) is 2.75. The van der Waals surface area contributed by atoms with Crippen LogP contribution in [0, 0.1) is 13.8 Å². The molecule has 0 spiro atoms. The Kier molecular flexibility index (Phi) is 4.06. The molecule has 2 aromatic heterocycles. The van der Waals surface area contributed by atoms with E-state index in [4.69, 9.17) is 5.73 Å². The Morgan fingerprint density at radius 2 is 1.95 bits per heavy atom. The third kappa shape index (κ3) is 2.72. The highest BCUT2D eigenvalue weighted by atomic mass is 79.9. The molecule has 0 saturated carbocycles. The molecule has 0 bridgehead atoms. The van der Waals surface area contributed by atoms with Crippen molar-refractivity contribution in [2.75, 3.05) is 0 Å². The van der Waals surface area contributed by atoms with Crippen molar-refractivity contribution in [3.63, 3.8) is 0 Å². The van der Waals surface area contributed by atoms with Crippen LogP contribution in [0.5, 0.6) is 0 Å². The SMILES string of the molecule is Cc1cnc(C(N)c2c(Br)cnn2C(C)C)c(C)c1. The summed E-state index contributed by atoms with van der Waals surface area (Å²) in [5.41, 5.74) is 10.5. The number of rotatable bonds is 3. The Hall–Kier alpha value is -1.20. The van der Waals surface area contributed by atoms with Gasteiger partial charge in [-0.3, -0.25) is 9.67 Å². The van der Waals surface area contributed by atoms with E-state index in [0.29, 0.717) is 0 Å². The summed E-state index contributed by atoms with van der Waals surface area (Å²) < 4.78 is 2.87. The van der Waals surface area contributed by atoms with Crippen LogP contribution in [0.15, 0.2) is 22.9 Å². The highest BCUT2D eigenvalue weighted by Gasteiger charge is 2.22. The van der Waals surface area contributed by atoms with E-state index in [-0.39, 0.29) is 12.1 Å². The molecule has 2 heterocycles. The first-order valence-corrected chi connectivity index (χ1v) is 7.12. The number of pyridine rings is 1. The second-order valence-electron chi connectivity index (χ2n) is 5.11. The highest BCUT2D eigenvalue weighted by molar-refractivity contribution is 9.10. The van der Waals surface area contributed by atoms with E-state index in [1.54, 1.807) is 6.20 Å². The molecule has 0 amide bonds. The van der Waals surface area contributed by atoms with Crippen molar-refractivity contribution >= 4 is 15.9 Å². The molecular weight excluding hydrogens is 304 g/mol. The number of hydrogen-bond acceptors (Lipinski definition) is 3. The van der Waals surface area contributed by atoms with Gasteiger partial charge in [0.15, 0.2) is 0 Å². The Bertz CT molecular complexity index is 589. The average Bonchev–Trinajstić information content (AvgIpc) is 2.70. The van der Waals surface area contributed by atoms with Crippen LogP contribution in [0.4, 0.5) is 0 Å². The van der Waals surface area contributed by atoms with Gasteiger partial charge in [0.2, 0.25) is 0 Å². The molecule has 2 rings (SSSR count). The smallest absolute Gasteiger partial charge is 0.0911 e. The van der Waals surface area contributed by atoms with Gasteiger partial charge in [-0.1, -0.05) is 6.07 Å². The summed E-state index contributed by atoms with van der Waals surface area (Å²) in [5, 5.41) is 4.37. The molecule has 19 heavy (non-hydrogen) atoms. The second-order valence-corrected chi connectivity index (χ2v) is 5.96. The van der Waals surface area contributed by atoms with Crippen LogP contribution in [0.3, 0.4) is 0 Å². The zero-order valence-corrected chi connectivity index (χ0v) is 13.3. The lowest BCUT2D eigenvalue weighted by atomic mass is 10.0. The summed E-state index contributed by atoms with van der Waals surface area (Å²) >= 11 is 3.53. The average molecular weight is 323 g/mol. The molecule has 0 aliphatic carbocycles. The quantitative estimate of drug-likeness (QED) is 0.943. The van der Waals surface area contributed by atoms with Crippen molar-refractivity contribution in [3.05, 3.63) is 45.4 Å². The predicted molar refractivity (Wildman–Crippen MR) is 80.1 cm³/mol. The molecule has 1 atom stereocenters. The minimum atomic E-state index is -0.278. The van der Waals surface area contributed by atoms with E-state index in [9.17, 15) is 0 Å². The van der Waals surface area contributed by atoms with Crippen LogP contribution < -0.4 is 5.73 Å². The van der Waals surface area contributed by atoms with E-state index in [1.165, 1.54) is 0 Å². The number of nitrogens with two attached hydrogens (primary N) is 1. The van der Waals surface area contributed by atoms with Crippen LogP contribution in [0.25, 0.3) is 0 Å². The third-order valence-corrected chi connectivity index (χ3v) is 3.73. The van der Waals surface area contributed by atoms with E-state index in [1.807, 2.05) is 24.7 Å². The summed E-state index contributed by atoms with van der Waals surface area (Å²) in [6, 6.07) is 2.09. The fourth-order valence-electron chi connectivity index (χ4n) is 2.23. The topological polar surface area (TPSA) is 56.7 Å². The van der Waals surface area contributed by atoms with Crippen molar-refractivity contribution in [2.45, 2.75) is 39.8 Å². The number of aromatic nitrogens is 3. The lowest BCUT2D eigenvalue weighted by Crippen LogP contribution is -2.21. The van der Waals surface area contributed by atoms with Gasteiger partial charge in [0, 0.05) is 12.2 Å². The zero-order valence-electron chi connectivity index (χ0n) is 11.7. The number of aryl methyl sites for hydroxylation is 2. The van der Waals surface area contributed by atoms with Crippen molar-refractivity contribution < 1.29 is 0 Å². The lowest BCUT2D eigenvalue weighted by molar-refractivity contribution is 0.496. The van der Waals surface area contributed by atoms with Crippen molar-refractivity contribution in [1.29, 1.82) is 0 Å². The van der Waals surface area contributed by atoms with E-state index in [0.717, 1.165) is 27.0 Å². The molecule has 102 valence electrons.